The van der Waals surface area contributed by atoms with Gasteiger partial charge in [0.05, 0.1) is 23.4 Å². The Labute approximate surface area is 206 Å². The van der Waals surface area contributed by atoms with Crippen LogP contribution in [0.2, 0.25) is 5.02 Å². The Morgan fingerprint density at radius 2 is 1.80 bits per heavy atom. The van der Waals surface area contributed by atoms with Gasteiger partial charge in [0.1, 0.15) is 17.5 Å². The van der Waals surface area contributed by atoms with Gasteiger partial charge >= 0.3 is 0 Å². The zero-order valence-electron chi connectivity index (χ0n) is 19.0. The Hall–Kier alpha value is -3.43. The minimum atomic E-state index is -0.737. The maximum atomic E-state index is 14.0. The Kier molecular flexibility index (Phi) is 7.37. The molecule has 1 aliphatic rings. The minimum Gasteiger partial charge on any atom is -0.342 e. The summed E-state index contributed by atoms with van der Waals surface area (Å²) in [5.41, 5.74) is 1.03. The molecule has 2 heterocycles. The number of amides is 2. The van der Waals surface area contributed by atoms with Crippen molar-refractivity contribution in [2.45, 2.75) is 32.1 Å². The number of anilines is 1. The molecule has 2 amide bonds. The third kappa shape index (κ3) is 5.47. The first-order valence-electron chi connectivity index (χ1n) is 11.1. The van der Waals surface area contributed by atoms with E-state index in [1.54, 1.807) is 36.1 Å². The molecule has 0 saturated carbocycles. The smallest absolute Gasteiger partial charge is 0.275 e. The molecule has 1 aliphatic heterocycles. The first-order valence-corrected chi connectivity index (χ1v) is 11.5. The van der Waals surface area contributed by atoms with Crippen LogP contribution in [0.1, 0.15) is 46.2 Å². The normalized spacial score (nSPS) is 14.1. The van der Waals surface area contributed by atoms with E-state index in [1.165, 1.54) is 12.3 Å². The van der Waals surface area contributed by atoms with Crippen LogP contribution in [0.3, 0.4) is 0 Å². The second kappa shape index (κ2) is 10.5. The summed E-state index contributed by atoms with van der Waals surface area (Å²) in [4.78, 5) is 36.2. The quantitative estimate of drug-likeness (QED) is 0.323. The molecule has 7 nitrogen and oxygen atoms in total. The predicted octanol–water partition coefficient (Wildman–Crippen LogP) is 4.19. The molecule has 182 valence electrons. The van der Waals surface area contributed by atoms with E-state index in [0.717, 1.165) is 17.1 Å². The van der Waals surface area contributed by atoms with Gasteiger partial charge in [-0.25, -0.2) is 29.6 Å². The number of piperidine rings is 1. The molecule has 0 bridgehead atoms. The lowest BCUT2D eigenvalue weighted by Crippen LogP contribution is -2.41. The molecule has 0 aliphatic carbocycles. The average Bonchev–Trinajstić information content (AvgIpc) is 2.85. The average molecular weight is 500 g/mol. The fraction of sp³-hybridized carbons (Fsp3) is 0.280. The van der Waals surface area contributed by atoms with Crippen molar-refractivity contribution < 1.29 is 18.4 Å². The number of halogens is 3. The number of hydrazine groups is 1. The summed E-state index contributed by atoms with van der Waals surface area (Å²) in [6, 6.07) is 10.2. The van der Waals surface area contributed by atoms with E-state index in [9.17, 15) is 18.4 Å². The lowest BCUT2D eigenvalue weighted by molar-refractivity contribution is -0.131. The zero-order chi connectivity index (χ0) is 25.1. The summed E-state index contributed by atoms with van der Waals surface area (Å²) in [7, 11) is 0. The molecule has 3 aromatic rings. The van der Waals surface area contributed by atoms with Gasteiger partial charge in [0.2, 0.25) is 5.91 Å². The van der Waals surface area contributed by atoms with E-state index in [4.69, 9.17) is 17.4 Å². The van der Waals surface area contributed by atoms with Gasteiger partial charge in [0.25, 0.3) is 5.91 Å². The highest BCUT2D eigenvalue weighted by Gasteiger charge is 2.30. The molecular weight excluding hydrogens is 476 g/mol. The van der Waals surface area contributed by atoms with Gasteiger partial charge in [-0.3, -0.25) is 9.59 Å². The van der Waals surface area contributed by atoms with E-state index in [1.807, 2.05) is 0 Å². The molecule has 35 heavy (non-hydrogen) atoms. The molecule has 1 fully saturated rings. The van der Waals surface area contributed by atoms with Crippen molar-refractivity contribution in [3.63, 3.8) is 0 Å². The van der Waals surface area contributed by atoms with E-state index in [0.29, 0.717) is 48.2 Å². The number of carbonyl (C=O) groups excluding carboxylic acids is 2. The van der Waals surface area contributed by atoms with Gasteiger partial charge in [-0.05, 0) is 50.1 Å². The summed E-state index contributed by atoms with van der Waals surface area (Å²) >= 11 is 6.03. The number of nitrogens with two attached hydrogens (primary N) is 1. The number of aromatic nitrogens is 2. The van der Waals surface area contributed by atoms with Crippen molar-refractivity contribution in [3.05, 3.63) is 88.0 Å². The largest absolute Gasteiger partial charge is 0.342 e. The van der Waals surface area contributed by atoms with Gasteiger partial charge in [-0.1, -0.05) is 23.7 Å². The molecule has 0 radical (unpaired) electrons. The molecule has 0 atom stereocenters. The molecule has 0 spiro atoms. The van der Waals surface area contributed by atoms with Crippen molar-refractivity contribution in [1.29, 1.82) is 0 Å². The summed E-state index contributed by atoms with van der Waals surface area (Å²) in [5, 5.41) is 1.45. The minimum absolute atomic E-state index is 0.113. The molecule has 10 heteroatoms. The van der Waals surface area contributed by atoms with Crippen LogP contribution >= 0.6 is 11.6 Å². The number of aryl methyl sites for hydroxylation is 1. The Morgan fingerprint density at radius 1 is 1.14 bits per heavy atom. The van der Waals surface area contributed by atoms with E-state index >= 15 is 0 Å². The number of hydrogen-bond acceptors (Lipinski definition) is 5. The van der Waals surface area contributed by atoms with Crippen molar-refractivity contribution in [2.24, 2.45) is 5.84 Å². The van der Waals surface area contributed by atoms with Gasteiger partial charge in [0, 0.05) is 35.8 Å². The Balaban J connectivity index is 1.48. The SMILES string of the molecule is Cc1ncc(C(=O)N(N)c2cccc(Cl)c2)c(C2CCN(C(=O)Cc3c(F)cccc3F)CC2)n1. The molecule has 2 aromatic carbocycles. The van der Waals surface area contributed by atoms with Crippen LogP contribution in [-0.2, 0) is 11.2 Å². The summed E-state index contributed by atoms with van der Waals surface area (Å²) < 4.78 is 27.9. The van der Waals surface area contributed by atoms with E-state index in [-0.39, 0.29) is 29.4 Å². The third-order valence-electron chi connectivity index (χ3n) is 6.10. The fourth-order valence-corrected chi connectivity index (χ4v) is 4.39. The van der Waals surface area contributed by atoms with Crippen LogP contribution in [0.15, 0.2) is 48.7 Å². The maximum Gasteiger partial charge on any atom is 0.275 e. The Bertz CT molecular complexity index is 1240. The van der Waals surface area contributed by atoms with Crippen molar-refractivity contribution >= 4 is 29.1 Å². The lowest BCUT2D eigenvalue weighted by Gasteiger charge is -2.32. The van der Waals surface area contributed by atoms with Crippen molar-refractivity contribution in [2.75, 3.05) is 18.1 Å². The van der Waals surface area contributed by atoms with Crippen LogP contribution in [0.25, 0.3) is 0 Å². The number of rotatable bonds is 5. The van der Waals surface area contributed by atoms with Crippen LogP contribution in [-0.4, -0.2) is 39.8 Å². The molecule has 1 aromatic heterocycles. The highest BCUT2D eigenvalue weighted by molar-refractivity contribution is 6.31. The zero-order valence-corrected chi connectivity index (χ0v) is 19.8. The maximum absolute atomic E-state index is 14.0. The number of benzene rings is 2. The van der Waals surface area contributed by atoms with Crippen molar-refractivity contribution in [3.8, 4) is 0 Å². The van der Waals surface area contributed by atoms with E-state index in [2.05, 4.69) is 9.97 Å². The number of nitrogens with zero attached hydrogens (tertiary/aromatic N) is 4. The molecule has 0 unspecified atom stereocenters. The van der Waals surface area contributed by atoms with Gasteiger partial charge in [0.15, 0.2) is 0 Å². The summed E-state index contributed by atoms with van der Waals surface area (Å²) in [6.07, 6.45) is 2.18. The molecular formula is C25H24ClF2N5O2. The van der Waals surface area contributed by atoms with Gasteiger partial charge < -0.3 is 4.90 Å². The van der Waals surface area contributed by atoms with Crippen LogP contribution in [0.5, 0.6) is 0 Å². The topological polar surface area (TPSA) is 92.4 Å². The highest BCUT2D eigenvalue weighted by atomic mass is 35.5. The first kappa shape index (κ1) is 24.7. The fourth-order valence-electron chi connectivity index (χ4n) is 4.20. The molecule has 4 rings (SSSR count). The summed E-state index contributed by atoms with van der Waals surface area (Å²) in [6.45, 7) is 2.48. The standard InChI is InChI=1S/C25H24ClF2N5O2/c1-15-30-14-20(25(35)33(29)18-5-2-4-17(26)12-18)24(31-15)16-8-10-32(11-9-16)23(34)13-19-21(27)6-3-7-22(19)28/h2-7,12,14,16H,8-11,13,29H2,1H3. The van der Waals surface area contributed by atoms with Crippen LogP contribution in [0, 0.1) is 18.6 Å². The van der Waals surface area contributed by atoms with Crippen LogP contribution in [0.4, 0.5) is 14.5 Å². The van der Waals surface area contributed by atoms with Crippen LogP contribution < -0.4 is 10.9 Å². The monoisotopic (exact) mass is 499 g/mol. The first-order chi connectivity index (χ1) is 16.7. The lowest BCUT2D eigenvalue weighted by atomic mass is 9.90. The second-order valence-electron chi connectivity index (χ2n) is 8.40. The Morgan fingerprint density at radius 3 is 2.46 bits per heavy atom. The number of carbonyl (C=O) groups is 2. The predicted molar refractivity (Wildman–Crippen MR) is 128 cm³/mol. The van der Waals surface area contributed by atoms with E-state index < -0.39 is 17.5 Å². The number of hydrogen-bond donors (Lipinski definition) is 1. The highest BCUT2D eigenvalue weighted by Crippen LogP contribution is 2.30. The van der Waals surface area contributed by atoms with Crippen molar-refractivity contribution in [1.82, 2.24) is 14.9 Å². The second-order valence-corrected chi connectivity index (χ2v) is 8.84. The number of likely N-dealkylation sites (tertiary alicyclic amines) is 1. The summed E-state index contributed by atoms with van der Waals surface area (Å²) in [5.74, 6) is 4.19. The molecule has 2 N–H and O–H groups in total. The molecule has 1 saturated heterocycles. The van der Waals surface area contributed by atoms with Gasteiger partial charge in [-0.15, -0.1) is 0 Å². The van der Waals surface area contributed by atoms with Gasteiger partial charge in [-0.2, -0.15) is 0 Å². The third-order valence-corrected chi connectivity index (χ3v) is 6.33.